The number of rotatable bonds is 6. The van der Waals surface area contributed by atoms with Gasteiger partial charge in [0.2, 0.25) is 0 Å². The van der Waals surface area contributed by atoms with Gasteiger partial charge in [0.25, 0.3) is 0 Å². The quantitative estimate of drug-likeness (QED) is 0.344. The number of β-amino-alcohol motifs (C(OH)–C–C–N with tert-alkyl or cyclic N) is 1. The zero-order chi connectivity index (χ0) is 23.7. The van der Waals surface area contributed by atoms with Crippen LogP contribution in [0.5, 0.6) is 0 Å². The number of hydrogen-bond donors (Lipinski definition) is 1. The third-order valence-corrected chi connectivity index (χ3v) is 8.20. The van der Waals surface area contributed by atoms with Gasteiger partial charge in [-0.15, -0.1) is 22.7 Å². The fourth-order valence-corrected chi connectivity index (χ4v) is 6.16. The molecule has 0 radical (unpaired) electrons. The molecule has 0 spiro atoms. The van der Waals surface area contributed by atoms with E-state index in [9.17, 15) is 15.6 Å². The number of nitriles is 2. The number of aliphatic hydroxyl groups excluding tert-OH is 1. The Kier molecular flexibility index (Phi) is 6.50. The molecule has 4 heterocycles. The molecule has 0 aliphatic carbocycles. The number of benzene rings is 1. The lowest BCUT2D eigenvalue weighted by Crippen LogP contribution is -2.51. The Labute approximate surface area is 212 Å². The highest BCUT2D eigenvalue weighted by Gasteiger charge is 2.31. The Hall–Kier alpha value is -2.99. The summed E-state index contributed by atoms with van der Waals surface area (Å²) in [6.07, 6.45) is 1.21. The van der Waals surface area contributed by atoms with E-state index in [1.807, 2.05) is 34.5 Å². The minimum atomic E-state index is -0.451. The molecule has 1 aliphatic rings. The van der Waals surface area contributed by atoms with E-state index < -0.39 is 6.10 Å². The number of thioether (sulfide) groups is 1. The highest BCUT2D eigenvalue weighted by molar-refractivity contribution is 7.98. The number of pyridine rings is 1. The summed E-state index contributed by atoms with van der Waals surface area (Å²) >= 11 is 10.3. The fraction of sp³-hybridized carbons (Fsp3) is 0.174. The first kappa shape index (κ1) is 22.8. The van der Waals surface area contributed by atoms with Gasteiger partial charge < -0.3 is 10.0 Å². The maximum Gasteiger partial charge on any atom is 0.148 e. The summed E-state index contributed by atoms with van der Waals surface area (Å²) in [6.45, 7) is 0.798. The number of thiazole rings is 2. The van der Waals surface area contributed by atoms with Gasteiger partial charge in [-0.05, 0) is 12.1 Å². The highest BCUT2D eigenvalue weighted by atomic mass is 35.5. The van der Waals surface area contributed by atoms with Gasteiger partial charge in [-0.3, -0.25) is 4.98 Å². The third-order valence-electron chi connectivity index (χ3n) is 5.21. The minimum Gasteiger partial charge on any atom is -0.389 e. The largest absolute Gasteiger partial charge is 0.389 e. The summed E-state index contributed by atoms with van der Waals surface area (Å²) in [5.74, 6) is 1.000. The van der Waals surface area contributed by atoms with Crippen LogP contribution in [-0.4, -0.2) is 39.3 Å². The van der Waals surface area contributed by atoms with Crippen LogP contribution in [0.15, 0.2) is 46.4 Å². The van der Waals surface area contributed by atoms with Crippen LogP contribution < -0.4 is 4.90 Å². The average Bonchev–Trinajstić information content (AvgIpc) is 3.52. The first-order chi connectivity index (χ1) is 16.6. The van der Waals surface area contributed by atoms with Gasteiger partial charge in [0.15, 0.2) is 0 Å². The summed E-state index contributed by atoms with van der Waals surface area (Å²) < 4.78 is 0. The van der Waals surface area contributed by atoms with Gasteiger partial charge in [0.05, 0.1) is 27.7 Å². The van der Waals surface area contributed by atoms with E-state index >= 15 is 0 Å². The monoisotopic (exact) mass is 522 g/mol. The van der Waals surface area contributed by atoms with E-state index in [0.717, 1.165) is 21.1 Å². The highest BCUT2D eigenvalue weighted by Crippen LogP contribution is 2.41. The number of anilines is 1. The molecule has 0 saturated carbocycles. The smallest absolute Gasteiger partial charge is 0.148 e. The SMILES string of the molecule is N#Cc1c(SCc2csc(-c3ccc(Cl)cc3)n2)nc(N2CC(O)C2)c(C#N)c1-c1cncs1. The van der Waals surface area contributed by atoms with Crippen molar-refractivity contribution in [3.63, 3.8) is 0 Å². The molecule has 1 N–H and O–H groups in total. The van der Waals surface area contributed by atoms with Crippen molar-refractivity contribution in [2.75, 3.05) is 18.0 Å². The molecule has 1 saturated heterocycles. The topological polar surface area (TPSA) is 110 Å². The number of halogens is 1. The fourth-order valence-electron chi connectivity index (χ4n) is 3.55. The van der Waals surface area contributed by atoms with Gasteiger partial charge in [-0.25, -0.2) is 9.97 Å². The van der Waals surface area contributed by atoms with Crippen LogP contribution in [0.4, 0.5) is 5.82 Å². The summed E-state index contributed by atoms with van der Waals surface area (Å²) in [7, 11) is 0. The van der Waals surface area contributed by atoms with Gasteiger partial charge in [-0.2, -0.15) is 10.5 Å². The molecule has 4 aromatic rings. The van der Waals surface area contributed by atoms with E-state index in [0.29, 0.717) is 51.4 Å². The zero-order valence-electron chi connectivity index (χ0n) is 17.5. The Bertz CT molecular complexity index is 1420. The summed E-state index contributed by atoms with van der Waals surface area (Å²) in [6, 6.07) is 12.0. The Morgan fingerprint density at radius 2 is 1.88 bits per heavy atom. The van der Waals surface area contributed by atoms with E-state index in [1.54, 1.807) is 23.0 Å². The molecule has 7 nitrogen and oxygen atoms in total. The van der Waals surface area contributed by atoms with Crippen molar-refractivity contribution in [1.29, 1.82) is 10.5 Å². The lowest BCUT2D eigenvalue weighted by molar-refractivity contribution is 0.141. The maximum absolute atomic E-state index is 10.0. The normalized spacial score (nSPS) is 13.4. The van der Waals surface area contributed by atoms with Crippen LogP contribution in [0.2, 0.25) is 5.02 Å². The summed E-state index contributed by atoms with van der Waals surface area (Å²) in [4.78, 5) is 16.2. The van der Waals surface area contributed by atoms with Gasteiger partial charge >= 0.3 is 0 Å². The molecular formula is C23H15ClN6OS3. The van der Waals surface area contributed by atoms with Crippen molar-refractivity contribution in [3.8, 4) is 33.2 Å². The lowest BCUT2D eigenvalue weighted by Gasteiger charge is -2.37. The molecule has 0 atom stereocenters. The molecule has 1 aromatic carbocycles. The Balaban J connectivity index is 1.50. The zero-order valence-corrected chi connectivity index (χ0v) is 20.7. The van der Waals surface area contributed by atoms with Crippen LogP contribution in [0, 0.1) is 22.7 Å². The van der Waals surface area contributed by atoms with Crippen molar-refractivity contribution in [2.45, 2.75) is 16.9 Å². The van der Waals surface area contributed by atoms with E-state index in [4.69, 9.17) is 21.6 Å². The molecular weight excluding hydrogens is 508 g/mol. The standard InChI is InChI=1S/C23H15ClN6OS3/c24-14-3-1-13(2-4-14)22-28-15(10-32-22)11-33-23-18(6-26)20(19-7-27-12-34-19)17(5-25)21(29-23)30-8-16(31)9-30/h1-4,7,10,12,16,31H,8-9,11H2. The van der Waals surface area contributed by atoms with Crippen LogP contribution in [0.3, 0.4) is 0 Å². The molecule has 5 rings (SSSR count). The maximum atomic E-state index is 10.0. The van der Waals surface area contributed by atoms with Crippen molar-refractivity contribution >= 4 is 51.9 Å². The molecule has 11 heteroatoms. The predicted octanol–water partition coefficient (Wildman–Crippen LogP) is 5.20. The van der Waals surface area contributed by atoms with Crippen molar-refractivity contribution in [2.24, 2.45) is 0 Å². The van der Waals surface area contributed by atoms with Gasteiger partial charge in [-0.1, -0.05) is 35.5 Å². The number of hydrogen-bond acceptors (Lipinski definition) is 10. The molecule has 0 unspecified atom stereocenters. The van der Waals surface area contributed by atoms with Crippen LogP contribution in [-0.2, 0) is 5.75 Å². The first-order valence-electron chi connectivity index (χ1n) is 10.1. The second kappa shape index (κ2) is 9.71. The van der Waals surface area contributed by atoms with Gasteiger partial charge in [0, 0.05) is 46.6 Å². The summed E-state index contributed by atoms with van der Waals surface area (Å²) in [5, 5.41) is 33.9. The second-order valence-corrected chi connectivity index (χ2v) is 10.6. The van der Waals surface area contributed by atoms with Gasteiger partial charge in [0.1, 0.15) is 33.6 Å². The van der Waals surface area contributed by atoms with Crippen molar-refractivity contribution in [1.82, 2.24) is 15.0 Å². The van der Waals surface area contributed by atoms with E-state index in [-0.39, 0.29) is 0 Å². The third kappa shape index (κ3) is 4.39. The van der Waals surface area contributed by atoms with E-state index in [1.165, 1.54) is 23.1 Å². The molecule has 34 heavy (non-hydrogen) atoms. The Morgan fingerprint density at radius 1 is 1.12 bits per heavy atom. The second-order valence-electron chi connectivity index (χ2n) is 7.45. The molecule has 1 aliphatic heterocycles. The molecule has 0 bridgehead atoms. The molecule has 0 amide bonds. The summed E-state index contributed by atoms with van der Waals surface area (Å²) in [5.41, 5.74) is 4.76. The Morgan fingerprint density at radius 3 is 2.53 bits per heavy atom. The number of nitrogens with zero attached hydrogens (tertiary/aromatic N) is 6. The van der Waals surface area contributed by atoms with Crippen molar-refractivity contribution < 1.29 is 5.11 Å². The number of aromatic nitrogens is 3. The first-order valence-corrected chi connectivity index (χ1v) is 13.2. The number of aliphatic hydroxyl groups is 1. The van der Waals surface area contributed by atoms with Crippen LogP contribution in [0.25, 0.3) is 21.0 Å². The van der Waals surface area contributed by atoms with Crippen LogP contribution in [0.1, 0.15) is 16.8 Å². The minimum absolute atomic E-state index is 0.329. The van der Waals surface area contributed by atoms with Crippen molar-refractivity contribution in [3.05, 3.63) is 63.2 Å². The molecule has 1 fully saturated rings. The van der Waals surface area contributed by atoms with E-state index in [2.05, 4.69) is 17.1 Å². The molecule has 168 valence electrons. The average molecular weight is 523 g/mol. The lowest BCUT2D eigenvalue weighted by atomic mass is 10.0. The molecule has 3 aromatic heterocycles. The van der Waals surface area contributed by atoms with Crippen LogP contribution >= 0.6 is 46.0 Å². The predicted molar refractivity (Wildman–Crippen MR) is 135 cm³/mol.